The van der Waals surface area contributed by atoms with Crippen molar-refractivity contribution in [1.29, 1.82) is 0 Å². The number of rotatable bonds is 10. The van der Waals surface area contributed by atoms with E-state index >= 15 is 0 Å². The number of carbonyl (C=O) groups is 1. The van der Waals surface area contributed by atoms with Gasteiger partial charge in [0.25, 0.3) is 0 Å². The Hall–Kier alpha value is 0.110. The van der Waals surface area contributed by atoms with Gasteiger partial charge in [-0.25, -0.2) is 0 Å². The topological polar surface area (TPSA) is 156 Å². The van der Waals surface area contributed by atoms with Crippen LogP contribution in [0, 0.1) is 35.5 Å². The maximum Gasteiger partial charge on any atom is 1.00 e. The van der Waals surface area contributed by atoms with E-state index in [-0.39, 0.29) is 83.6 Å². The van der Waals surface area contributed by atoms with Crippen molar-refractivity contribution in [2.45, 2.75) is 172 Å². The van der Waals surface area contributed by atoms with E-state index in [0.717, 1.165) is 32.1 Å². The molecule has 48 heavy (non-hydrogen) atoms. The van der Waals surface area contributed by atoms with E-state index in [1.807, 2.05) is 20.8 Å². The summed E-state index contributed by atoms with van der Waals surface area (Å²) in [7, 11) is 1.50. The van der Waals surface area contributed by atoms with Crippen molar-refractivity contribution in [2.24, 2.45) is 35.5 Å². The van der Waals surface area contributed by atoms with Crippen LogP contribution in [0.25, 0.3) is 0 Å². The average Bonchev–Trinajstić information content (AvgIpc) is 3.73. The molecule has 0 aromatic heterocycles. The van der Waals surface area contributed by atoms with Gasteiger partial charge in [0.15, 0.2) is 11.6 Å². The van der Waals surface area contributed by atoms with Crippen molar-refractivity contribution in [3.8, 4) is 0 Å². The Bertz CT molecular complexity index is 1110. The molecule has 0 saturated carbocycles. The molecule has 0 aromatic carbocycles. The molecule has 0 aromatic rings. The SMILES string of the molecule is CC[C@@]1(C2O[C@@H](C3O[C@@](O)(CO)[C@H](C)C[C@@H]3C)C[C@@H]2C)CC[C@H]([C@]2(C)CCC3(C[C@H](O)[C@@H](C)[C@@H]([C@H](C)[C@@H](OC)[C@H](C)C(=O)[O-])O3)O2)O1.[Na+]. The summed E-state index contributed by atoms with van der Waals surface area (Å²) in [6.07, 6.45) is 2.81. The Balaban J connectivity index is 0.00000520. The number of carbonyl (C=O) groups excluding carboxylic acids is 1. The summed E-state index contributed by atoms with van der Waals surface area (Å²) in [5, 5.41) is 43.9. The fourth-order valence-corrected chi connectivity index (χ4v) is 9.91. The van der Waals surface area contributed by atoms with Crippen LogP contribution in [0.2, 0.25) is 0 Å². The van der Waals surface area contributed by atoms with Crippen LogP contribution in [0.3, 0.4) is 0 Å². The van der Waals surface area contributed by atoms with E-state index in [4.69, 9.17) is 28.4 Å². The van der Waals surface area contributed by atoms with Crippen molar-refractivity contribution in [3.05, 3.63) is 0 Å². The Kier molecular flexibility index (Phi) is 13.0. The first-order valence-electron chi connectivity index (χ1n) is 18.1. The van der Waals surface area contributed by atoms with Crippen molar-refractivity contribution >= 4 is 5.97 Å². The number of hydrogen-bond acceptors (Lipinski definition) is 11. The maximum atomic E-state index is 11.7. The molecule has 5 aliphatic rings. The van der Waals surface area contributed by atoms with Crippen LogP contribution in [0.5, 0.6) is 0 Å². The molecule has 17 atom stereocenters. The van der Waals surface area contributed by atoms with Crippen LogP contribution < -0.4 is 34.7 Å². The maximum absolute atomic E-state index is 11.7. The van der Waals surface area contributed by atoms with E-state index in [0.29, 0.717) is 19.3 Å². The minimum atomic E-state index is -1.57. The Labute approximate surface area is 309 Å². The smallest absolute Gasteiger partial charge is 0.550 e. The zero-order valence-corrected chi connectivity index (χ0v) is 33.0. The molecule has 0 aliphatic carbocycles. The molecule has 5 heterocycles. The molecule has 0 amide bonds. The quantitative estimate of drug-likeness (QED) is 0.264. The largest absolute Gasteiger partial charge is 1.00 e. The number of carboxylic acid groups (broad SMARTS) is 1. The first-order valence-corrected chi connectivity index (χ1v) is 18.1. The first kappa shape index (κ1) is 40.9. The Morgan fingerprint density at radius 1 is 1.04 bits per heavy atom. The molecule has 12 heteroatoms. The molecule has 0 bridgehead atoms. The monoisotopic (exact) mass is 692 g/mol. The van der Waals surface area contributed by atoms with Gasteiger partial charge in [-0.3, -0.25) is 0 Å². The first-order chi connectivity index (χ1) is 22.0. The molecular formula is C36H61NaO11. The van der Waals surface area contributed by atoms with Gasteiger partial charge in [0.1, 0.15) is 0 Å². The summed E-state index contributed by atoms with van der Waals surface area (Å²) < 4.78 is 39.3. The van der Waals surface area contributed by atoms with Crippen LogP contribution in [0.1, 0.15) is 107 Å². The van der Waals surface area contributed by atoms with E-state index in [2.05, 4.69) is 27.7 Å². The molecule has 5 saturated heterocycles. The third-order valence-corrected chi connectivity index (χ3v) is 13.0. The molecule has 5 fully saturated rings. The van der Waals surface area contributed by atoms with Gasteiger partial charge in [0, 0.05) is 49.6 Å². The molecular weight excluding hydrogens is 631 g/mol. The molecule has 3 unspecified atom stereocenters. The Morgan fingerprint density at radius 2 is 1.73 bits per heavy atom. The summed E-state index contributed by atoms with van der Waals surface area (Å²) in [5.74, 6) is -4.97. The molecule has 272 valence electrons. The molecule has 5 rings (SSSR count). The standard InChI is InChI=1S/C36H62O11.Na/c1-10-34(31-20(3)16-26(43-31)28-19(2)15-21(4)36(41,18-37)46-28)12-11-27(44-34)33(8)13-14-35(47-33)17-25(38)22(5)30(45-35)23(6)29(42-9)24(7)32(39)40;/h19-31,37-38,41H,10-18H2,1-9H3,(H,39,40);/q;+1/p-1/t19-,20-,21+,22+,23+,24-,25-,26+,27+,28?,29+,30-,31?,33-,34-,35?,36-;/m0./s1. The fourth-order valence-electron chi connectivity index (χ4n) is 9.91. The summed E-state index contributed by atoms with van der Waals surface area (Å²) >= 11 is 0. The third kappa shape index (κ3) is 7.33. The minimum Gasteiger partial charge on any atom is -0.550 e. The molecule has 5 aliphatic heterocycles. The fraction of sp³-hybridized carbons (Fsp3) is 0.972. The van der Waals surface area contributed by atoms with Crippen molar-refractivity contribution in [1.82, 2.24) is 0 Å². The zero-order chi connectivity index (χ0) is 34.7. The van der Waals surface area contributed by atoms with Crippen LogP contribution in [-0.4, -0.2) is 101 Å². The van der Waals surface area contributed by atoms with Crippen LogP contribution in [-0.2, 0) is 33.2 Å². The zero-order valence-electron chi connectivity index (χ0n) is 31.0. The molecule has 1 spiro atoms. The van der Waals surface area contributed by atoms with Crippen LogP contribution in [0.15, 0.2) is 0 Å². The number of aliphatic hydroxyl groups is 3. The summed E-state index contributed by atoms with van der Waals surface area (Å²) in [5.41, 5.74) is -1.16. The molecule has 3 N–H and O–H groups in total. The van der Waals surface area contributed by atoms with Crippen molar-refractivity contribution < 1.29 is 83.2 Å². The number of aliphatic hydroxyl groups excluding tert-OH is 2. The van der Waals surface area contributed by atoms with Gasteiger partial charge in [-0.1, -0.05) is 48.5 Å². The van der Waals surface area contributed by atoms with Gasteiger partial charge in [-0.2, -0.15) is 0 Å². The summed E-state index contributed by atoms with van der Waals surface area (Å²) in [6, 6.07) is 0. The van der Waals surface area contributed by atoms with Crippen LogP contribution in [0.4, 0.5) is 0 Å². The summed E-state index contributed by atoms with van der Waals surface area (Å²) in [4.78, 5) is 11.7. The van der Waals surface area contributed by atoms with Gasteiger partial charge in [0.2, 0.25) is 0 Å². The van der Waals surface area contributed by atoms with Crippen molar-refractivity contribution in [2.75, 3.05) is 13.7 Å². The second-order valence-electron chi connectivity index (χ2n) is 16.3. The number of carboxylic acids is 1. The predicted octanol–water partition coefficient (Wildman–Crippen LogP) is -0.0578. The van der Waals surface area contributed by atoms with Crippen LogP contribution >= 0.6 is 0 Å². The summed E-state index contributed by atoms with van der Waals surface area (Å²) in [6.45, 7) is 15.4. The van der Waals surface area contributed by atoms with Gasteiger partial charge in [-0.15, -0.1) is 0 Å². The second-order valence-corrected chi connectivity index (χ2v) is 16.3. The van der Waals surface area contributed by atoms with Crippen molar-refractivity contribution in [3.63, 3.8) is 0 Å². The molecule has 0 radical (unpaired) electrons. The minimum absolute atomic E-state index is 0. The van der Waals surface area contributed by atoms with E-state index in [1.165, 1.54) is 7.11 Å². The normalized spacial score (nSPS) is 49.8. The molecule has 11 nitrogen and oxygen atoms in total. The van der Waals surface area contributed by atoms with E-state index in [9.17, 15) is 25.2 Å². The number of methoxy groups -OCH3 is 1. The predicted molar refractivity (Wildman–Crippen MR) is 170 cm³/mol. The number of aliphatic carboxylic acids is 1. The number of ether oxygens (including phenoxy) is 6. The number of hydrogen-bond donors (Lipinski definition) is 3. The van der Waals surface area contributed by atoms with E-state index in [1.54, 1.807) is 6.92 Å². The third-order valence-electron chi connectivity index (χ3n) is 13.0. The van der Waals surface area contributed by atoms with E-state index < -0.39 is 59.6 Å². The van der Waals surface area contributed by atoms with Gasteiger partial charge >= 0.3 is 29.6 Å². The average molecular weight is 693 g/mol. The van der Waals surface area contributed by atoms with Gasteiger partial charge < -0.3 is 53.6 Å². The van der Waals surface area contributed by atoms with Gasteiger partial charge in [-0.05, 0) is 57.3 Å². The Morgan fingerprint density at radius 3 is 2.33 bits per heavy atom. The van der Waals surface area contributed by atoms with Gasteiger partial charge in [0.05, 0.1) is 60.5 Å². The second kappa shape index (κ2) is 15.2.